The summed E-state index contributed by atoms with van der Waals surface area (Å²) in [6.45, 7) is 2.48. The van der Waals surface area contributed by atoms with E-state index in [1.54, 1.807) is 0 Å². The minimum atomic E-state index is -0.892. The van der Waals surface area contributed by atoms with Crippen molar-refractivity contribution in [2.75, 3.05) is 6.61 Å². The lowest BCUT2D eigenvalue weighted by atomic mass is 10.1. The first-order chi connectivity index (χ1) is 7.63. The highest BCUT2D eigenvalue weighted by Gasteiger charge is 2.24. The van der Waals surface area contributed by atoms with Gasteiger partial charge in [0.1, 0.15) is 6.10 Å². The summed E-state index contributed by atoms with van der Waals surface area (Å²) in [5.41, 5.74) is 0. The van der Waals surface area contributed by atoms with Crippen molar-refractivity contribution in [2.45, 2.75) is 51.2 Å². The first-order valence-corrected chi connectivity index (χ1v) is 5.77. The summed E-state index contributed by atoms with van der Waals surface area (Å²) in [6.07, 6.45) is 2.91. The number of carbonyl (C=O) groups is 2. The summed E-state index contributed by atoms with van der Waals surface area (Å²) in [4.78, 5) is 22.3. The van der Waals surface area contributed by atoms with Gasteiger partial charge >= 0.3 is 5.97 Å². The molecule has 0 aromatic carbocycles. The molecule has 0 aromatic heterocycles. The van der Waals surface area contributed by atoms with Crippen molar-refractivity contribution in [3.05, 3.63) is 0 Å². The number of hydrogen-bond donors (Lipinski definition) is 2. The third kappa shape index (κ3) is 4.18. The Hall–Kier alpha value is -1.10. The van der Waals surface area contributed by atoms with E-state index in [-0.39, 0.29) is 18.4 Å². The van der Waals surface area contributed by atoms with Crippen molar-refractivity contribution in [2.24, 2.45) is 0 Å². The normalized spacial score (nSPS) is 22.4. The van der Waals surface area contributed by atoms with Crippen molar-refractivity contribution in [1.29, 1.82) is 0 Å². The van der Waals surface area contributed by atoms with Crippen molar-refractivity contribution in [1.82, 2.24) is 5.32 Å². The van der Waals surface area contributed by atoms with Gasteiger partial charge in [-0.25, -0.2) is 0 Å². The number of hydrogen-bond acceptors (Lipinski definition) is 3. The van der Waals surface area contributed by atoms with E-state index in [1.165, 1.54) is 0 Å². The molecule has 2 atom stereocenters. The van der Waals surface area contributed by atoms with Crippen molar-refractivity contribution in [3.63, 3.8) is 0 Å². The maximum Gasteiger partial charge on any atom is 0.305 e. The molecule has 0 aromatic rings. The van der Waals surface area contributed by atoms with E-state index < -0.39 is 12.1 Å². The number of carboxylic acid groups (broad SMARTS) is 1. The van der Waals surface area contributed by atoms with Crippen LogP contribution in [-0.2, 0) is 14.3 Å². The molecule has 1 aliphatic rings. The second kappa shape index (κ2) is 6.48. The minimum absolute atomic E-state index is 0.0328. The Bertz CT molecular complexity index is 248. The summed E-state index contributed by atoms with van der Waals surface area (Å²) in [5.74, 6) is -1.07. The molecule has 5 heteroatoms. The van der Waals surface area contributed by atoms with E-state index in [9.17, 15) is 9.59 Å². The fraction of sp³-hybridized carbons (Fsp3) is 0.818. The second-order valence-corrected chi connectivity index (χ2v) is 4.07. The van der Waals surface area contributed by atoms with Gasteiger partial charge in [0.15, 0.2) is 0 Å². The summed E-state index contributed by atoms with van der Waals surface area (Å²) in [5, 5.41) is 11.4. The van der Waals surface area contributed by atoms with E-state index in [0.717, 1.165) is 19.3 Å². The van der Waals surface area contributed by atoms with Crippen molar-refractivity contribution in [3.8, 4) is 0 Å². The largest absolute Gasteiger partial charge is 0.481 e. The fourth-order valence-electron chi connectivity index (χ4n) is 1.75. The maximum absolute atomic E-state index is 11.7. The molecule has 1 fully saturated rings. The van der Waals surface area contributed by atoms with Crippen LogP contribution in [-0.4, -0.2) is 35.7 Å². The highest BCUT2D eigenvalue weighted by atomic mass is 16.5. The van der Waals surface area contributed by atoms with E-state index in [2.05, 4.69) is 5.32 Å². The lowest BCUT2D eigenvalue weighted by Crippen LogP contribution is -2.44. The molecule has 1 heterocycles. The molecule has 5 nitrogen and oxygen atoms in total. The van der Waals surface area contributed by atoms with Crippen molar-refractivity contribution >= 4 is 11.9 Å². The zero-order valence-corrected chi connectivity index (χ0v) is 9.57. The van der Waals surface area contributed by atoms with Gasteiger partial charge in [-0.15, -0.1) is 0 Å². The first kappa shape index (κ1) is 13.0. The molecular formula is C11H19NO4. The number of rotatable bonds is 5. The topological polar surface area (TPSA) is 75.6 Å². The highest BCUT2D eigenvalue weighted by molar-refractivity contribution is 5.81. The predicted octanol–water partition coefficient (Wildman–Crippen LogP) is 0.925. The van der Waals surface area contributed by atoms with Gasteiger partial charge in [-0.2, -0.15) is 0 Å². The van der Waals surface area contributed by atoms with Crippen LogP contribution in [0.5, 0.6) is 0 Å². The standard InChI is InChI=1S/C11H19NO4/c1-2-8(7-10(13)14)12-11(15)9-5-3-4-6-16-9/h8-9H,2-7H2,1H3,(H,12,15)(H,13,14). The lowest BCUT2D eigenvalue weighted by Gasteiger charge is -2.24. The van der Waals surface area contributed by atoms with Gasteiger partial charge in [0.05, 0.1) is 6.42 Å². The average molecular weight is 229 g/mol. The molecule has 1 aliphatic heterocycles. The molecule has 1 saturated heterocycles. The Morgan fingerprint density at radius 1 is 1.50 bits per heavy atom. The van der Waals surface area contributed by atoms with Crippen LogP contribution in [0.2, 0.25) is 0 Å². The quantitative estimate of drug-likeness (QED) is 0.735. The minimum Gasteiger partial charge on any atom is -0.481 e. The molecular weight excluding hydrogens is 210 g/mol. The molecule has 92 valence electrons. The van der Waals surface area contributed by atoms with Gasteiger partial charge in [-0.1, -0.05) is 6.92 Å². The average Bonchev–Trinajstić information content (AvgIpc) is 2.28. The van der Waals surface area contributed by atoms with Crippen LogP contribution in [0.4, 0.5) is 0 Å². The first-order valence-electron chi connectivity index (χ1n) is 5.77. The Balaban J connectivity index is 2.38. The summed E-state index contributed by atoms with van der Waals surface area (Å²) >= 11 is 0. The number of carbonyl (C=O) groups excluding carboxylic acids is 1. The van der Waals surface area contributed by atoms with Gasteiger partial charge in [-0.3, -0.25) is 9.59 Å². The van der Waals surface area contributed by atoms with Crippen molar-refractivity contribution < 1.29 is 19.4 Å². The molecule has 0 radical (unpaired) electrons. The van der Waals surface area contributed by atoms with E-state index in [1.807, 2.05) is 6.92 Å². The predicted molar refractivity (Wildman–Crippen MR) is 58.1 cm³/mol. The lowest BCUT2D eigenvalue weighted by molar-refractivity contribution is -0.139. The Kier molecular flexibility index (Phi) is 5.25. The molecule has 0 spiro atoms. The Morgan fingerprint density at radius 3 is 2.75 bits per heavy atom. The van der Waals surface area contributed by atoms with Crippen LogP contribution >= 0.6 is 0 Å². The number of amides is 1. The van der Waals surface area contributed by atoms with Crippen LogP contribution in [0.15, 0.2) is 0 Å². The number of aliphatic carboxylic acids is 1. The van der Waals surface area contributed by atoms with Gasteiger partial charge in [0.2, 0.25) is 5.91 Å². The summed E-state index contributed by atoms with van der Waals surface area (Å²) in [6, 6.07) is -0.296. The zero-order chi connectivity index (χ0) is 12.0. The van der Waals surface area contributed by atoms with Crippen LogP contribution < -0.4 is 5.32 Å². The zero-order valence-electron chi connectivity index (χ0n) is 9.57. The molecule has 0 aliphatic carbocycles. The van der Waals surface area contributed by atoms with Crippen LogP contribution in [0.1, 0.15) is 39.0 Å². The van der Waals surface area contributed by atoms with Gasteiger partial charge in [0, 0.05) is 12.6 Å². The summed E-state index contributed by atoms with van der Waals surface area (Å²) in [7, 11) is 0. The smallest absolute Gasteiger partial charge is 0.305 e. The molecule has 2 N–H and O–H groups in total. The van der Waals surface area contributed by atoms with E-state index in [0.29, 0.717) is 13.0 Å². The van der Waals surface area contributed by atoms with Gasteiger partial charge in [-0.05, 0) is 25.7 Å². The summed E-state index contributed by atoms with van der Waals surface area (Å²) < 4.78 is 5.33. The Morgan fingerprint density at radius 2 is 2.25 bits per heavy atom. The SMILES string of the molecule is CCC(CC(=O)O)NC(=O)C1CCCCO1. The van der Waals surface area contributed by atoms with Gasteiger partial charge in [0.25, 0.3) is 0 Å². The number of carboxylic acids is 1. The number of nitrogens with one attached hydrogen (secondary N) is 1. The molecule has 16 heavy (non-hydrogen) atoms. The van der Waals surface area contributed by atoms with Crippen LogP contribution in [0, 0.1) is 0 Å². The molecule has 1 rings (SSSR count). The van der Waals surface area contributed by atoms with Gasteiger partial charge < -0.3 is 15.2 Å². The Labute approximate surface area is 95.2 Å². The third-order valence-corrected chi connectivity index (χ3v) is 2.73. The fourth-order valence-corrected chi connectivity index (χ4v) is 1.75. The molecule has 2 unspecified atom stereocenters. The van der Waals surface area contributed by atoms with Crippen LogP contribution in [0.25, 0.3) is 0 Å². The highest BCUT2D eigenvalue weighted by Crippen LogP contribution is 2.13. The maximum atomic E-state index is 11.7. The van der Waals surface area contributed by atoms with E-state index in [4.69, 9.17) is 9.84 Å². The number of ether oxygens (including phenoxy) is 1. The molecule has 0 saturated carbocycles. The third-order valence-electron chi connectivity index (χ3n) is 2.73. The molecule has 1 amide bonds. The molecule has 0 bridgehead atoms. The van der Waals surface area contributed by atoms with E-state index >= 15 is 0 Å². The monoisotopic (exact) mass is 229 g/mol. The second-order valence-electron chi connectivity index (χ2n) is 4.07. The van der Waals surface area contributed by atoms with Crippen LogP contribution in [0.3, 0.4) is 0 Å².